The van der Waals surface area contributed by atoms with Gasteiger partial charge in [0, 0.05) is 17.6 Å². The summed E-state index contributed by atoms with van der Waals surface area (Å²) in [6.45, 7) is 0.212. The SMILES string of the molecule is COc1cc(C(=O)NCc2ccccc2Cl)c(N(Cc2ccccc2)S(C)(=O)=O)cc1OC. The molecule has 1 N–H and O–H groups in total. The van der Waals surface area contributed by atoms with E-state index in [0.717, 1.165) is 17.4 Å². The van der Waals surface area contributed by atoms with E-state index in [1.54, 1.807) is 18.2 Å². The van der Waals surface area contributed by atoms with Gasteiger partial charge < -0.3 is 14.8 Å². The minimum Gasteiger partial charge on any atom is -0.493 e. The highest BCUT2D eigenvalue weighted by atomic mass is 35.5. The lowest BCUT2D eigenvalue weighted by atomic mass is 10.1. The summed E-state index contributed by atoms with van der Waals surface area (Å²) in [4.78, 5) is 13.2. The third kappa shape index (κ3) is 5.97. The van der Waals surface area contributed by atoms with Gasteiger partial charge in [-0.05, 0) is 23.3 Å². The van der Waals surface area contributed by atoms with Crippen molar-refractivity contribution in [3.8, 4) is 11.5 Å². The van der Waals surface area contributed by atoms with Gasteiger partial charge in [0.05, 0.1) is 38.3 Å². The summed E-state index contributed by atoms with van der Waals surface area (Å²) in [6, 6.07) is 19.2. The van der Waals surface area contributed by atoms with Crippen LogP contribution >= 0.6 is 11.6 Å². The van der Waals surface area contributed by atoms with Gasteiger partial charge in [-0.25, -0.2) is 8.42 Å². The van der Waals surface area contributed by atoms with Gasteiger partial charge in [0.2, 0.25) is 10.0 Å². The molecule has 0 radical (unpaired) electrons. The monoisotopic (exact) mass is 488 g/mol. The number of rotatable bonds is 9. The van der Waals surface area contributed by atoms with Crippen LogP contribution in [0.4, 0.5) is 5.69 Å². The van der Waals surface area contributed by atoms with Crippen LogP contribution in [0.1, 0.15) is 21.5 Å². The van der Waals surface area contributed by atoms with Gasteiger partial charge in [-0.3, -0.25) is 9.10 Å². The van der Waals surface area contributed by atoms with Crippen molar-refractivity contribution < 1.29 is 22.7 Å². The number of amides is 1. The lowest BCUT2D eigenvalue weighted by molar-refractivity contribution is 0.0951. The maximum Gasteiger partial charge on any atom is 0.253 e. The van der Waals surface area contributed by atoms with Gasteiger partial charge in [0.25, 0.3) is 5.91 Å². The quantitative estimate of drug-likeness (QED) is 0.486. The summed E-state index contributed by atoms with van der Waals surface area (Å²) in [7, 11) is -0.864. The fourth-order valence-electron chi connectivity index (χ4n) is 3.30. The first kappa shape index (κ1) is 24.4. The highest BCUT2D eigenvalue weighted by Gasteiger charge is 2.26. The fraction of sp³-hybridized carbons (Fsp3) is 0.208. The molecule has 0 fully saturated rings. The second kappa shape index (κ2) is 10.6. The van der Waals surface area contributed by atoms with Crippen LogP contribution in [0.2, 0.25) is 5.02 Å². The molecule has 33 heavy (non-hydrogen) atoms. The van der Waals surface area contributed by atoms with Crippen molar-refractivity contribution >= 4 is 33.2 Å². The molecule has 0 aromatic heterocycles. The molecule has 3 aromatic carbocycles. The van der Waals surface area contributed by atoms with Crippen LogP contribution in [0.5, 0.6) is 11.5 Å². The molecule has 3 rings (SSSR count). The fourth-order valence-corrected chi connectivity index (χ4v) is 4.39. The number of anilines is 1. The molecule has 1 amide bonds. The van der Waals surface area contributed by atoms with Crippen molar-refractivity contribution in [2.45, 2.75) is 13.1 Å². The molecule has 0 unspecified atom stereocenters. The smallest absolute Gasteiger partial charge is 0.253 e. The Morgan fingerprint density at radius 3 is 2.18 bits per heavy atom. The molecule has 174 valence electrons. The minimum atomic E-state index is -3.75. The average Bonchev–Trinajstić information content (AvgIpc) is 2.81. The molecule has 0 saturated carbocycles. The number of methoxy groups -OCH3 is 2. The van der Waals surface area contributed by atoms with Crippen LogP contribution in [0, 0.1) is 0 Å². The number of benzene rings is 3. The van der Waals surface area contributed by atoms with E-state index in [0.29, 0.717) is 16.5 Å². The molecule has 0 aliphatic heterocycles. The molecule has 0 bridgehead atoms. The minimum absolute atomic E-state index is 0.0416. The zero-order valence-corrected chi connectivity index (χ0v) is 20.1. The maximum atomic E-state index is 13.2. The van der Waals surface area contributed by atoms with Gasteiger partial charge in [0.1, 0.15) is 0 Å². The molecular weight excluding hydrogens is 464 g/mol. The lowest BCUT2D eigenvalue weighted by Crippen LogP contribution is -2.32. The Kier molecular flexibility index (Phi) is 7.84. The van der Waals surface area contributed by atoms with Crippen molar-refractivity contribution in [1.29, 1.82) is 0 Å². The van der Waals surface area contributed by atoms with Crippen LogP contribution in [0.25, 0.3) is 0 Å². The van der Waals surface area contributed by atoms with Gasteiger partial charge in [0.15, 0.2) is 11.5 Å². The van der Waals surface area contributed by atoms with Crippen LogP contribution in [0.3, 0.4) is 0 Å². The third-order valence-electron chi connectivity index (χ3n) is 4.98. The normalized spacial score (nSPS) is 11.0. The topological polar surface area (TPSA) is 84.9 Å². The van der Waals surface area contributed by atoms with Gasteiger partial charge >= 0.3 is 0 Å². The van der Waals surface area contributed by atoms with E-state index < -0.39 is 15.9 Å². The summed E-state index contributed by atoms with van der Waals surface area (Å²) in [5.74, 6) is 0.127. The zero-order valence-electron chi connectivity index (χ0n) is 18.5. The Labute approximate surface area is 198 Å². The van der Waals surface area contributed by atoms with E-state index in [1.165, 1.54) is 30.7 Å². The zero-order chi connectivity index (χ0) is 24.0. The Morgan fingerprint density at radius 2 is 1.58 bits per heavy atom. The van der Waals surface area contributed by atoms with E-state index in [1.807, 2.05) is 36.4 Å². The molecule has 0 saturated heterocycles. The Hall–Kier alpha value is -3.23. The molecular formula is C24H25ClN2O5S. The van der Waals surface area contributed by atoms with Gasteiger partial charge in [-0.1, -0.05) is 60.1 Å². The van der Waals surface area contributed by atoms with E-state index in [9.17, 15) is 13.2 Å². The maximum absolute atomic E-state index is 13.2. The number of halogens is 1. The number of nitrogens with one attached hydrogen (secondary N) is 1. The largest absolute Gasteiger partial charge is 0.493 e. The van der Waals surface area contributed by atoms with Crippen molar-refractivity contribution in [3.63, 3.8) is 0 Å². The summed E-state index contributed by atoms with van der Waals surface area (Å²) in [5.41, 5.74) is 1.80. The molecule has 7 nitrogen and oxygen atoms in total. The number of hydrogen-bond donors (Lipinski definition) is 1. The number of sulfonamides is 1. The van der Waals surface area contributed by atoms with E-state index in [-0.39, 0.29) is 24.3 Å². The van der Waals surface area contributed by atoms with Crippen LogP contribution in [0.15, 0.2) is 66.7 Å². The van der Waals surface area contributed by atoms with Gasteiger partial charge in [-0.15, -0.1) is 0 Å². The van der Waals surface area contributed by atoms with E-state index in [2.05, 4.69) is 5.32 Å². The van der Waals surface area contributed by atoms with Crippen molar-refractivity contribution in [3.05, 3.63) is 88.4 Å². The van der Waals surface area contributed by atoms with Crippen molar-refractivity contribution in [1.82, 2.24) is 5.32 Å². The molecule has 9 heteroatoms. The summed E-state index contributed by atoms with van der Waals surface area (Å²) in [6.07, 6.45) is 1.10. The molecule has 0 aliphatic carbocycles. The van der Waals surface area contributed by atoms with Crippen LogP contribution < -0.4 is 19.1 Å². The second-order valence-electron chi connectivity index (χ2n) is 7.25. The molecule has 0 spiro atoms. The average molecular weight is 489 g/mol. The van der Waals surface area contributed by atoms with Crippen molar-refractivity contribution in [2.75, 3.05) is 24.8 Å². The molecule has 0 aliphatic rings. The first-order chi connectivity index (χ1) is 15.7. The number of ether oxygens (including phenoxy) is 2. The summed E-state index contributed by atoms with van der Waals surface area (Å²) < 4.78 is 37.5. The Balaban J connectivity index is 2.06. The highest BCUT2D eigenvalue weighted by Crippen LogP contribution is 2.37. The first-order valence-electron chi connectivity index (χ1n) is 10.0. The number of nitrogens with zero attached hydrogens (tertiary/aromatic N) is 1. The Bertz CT molecular complexity index is 1230. The molecule has 0 atom stereocenters. The Morgan fingerprint density at radius 1 is 0.970 bits per heavy atom. The predicted octanol–water partition coefficient (Wildman–Crippen LogP) is 4.25. The lowest BCUT2D eigenvalue weighted by Gasteiger charge is -2.26. The van der Waals surface area contributed by atoms with Crippen LogP contribution in [-0.4, -0.2) is 34.8 Å². The first-order valence-corrected chi connectivity index (χ1v) is 12.3. The van der Waals surface area contributed by atoms with Crippen LogP contribution in [-0.2, 0) is 23.1 Å². The number of hydrogen-bond acceptors (Lipinski definition) is 5. The van der Waals surface area contributed by atoms with Gasteiger partial charge in [-0.2, -0.15) is 0 Å². The molecule has 3 aromatic rings. The van der Waals surface area contributed by atoms with E-state index in [4.69, 9.17) is 21.1 Å². The highest BCUT2D eigenvalue weighted by molar-refractivity contribution is 7.92. The van der Waals surface area contributed by atoms with Crippen molar-refractivity contribution in [2.24, 2.45) is 0 Å². The standard InChI is InChI=1S/C24H25ClN2O5S/c1-31-22-13-19(24(28)26-15-18-11-7-8-12-20(18)25)21(14-23(22)32-2)27(33(3,29)30)16-17-9-5-4-6-10-17/h4-14H,15-16H2,1-3H3,(H,26,28). The summed E-state index contributed by atoms with van der Waals surface area (Å²) in [5, 5.41) is 3.33. The second-order valence-corrected chi connectivity index (χ2v) is 9.57. The third-order valence-corrected chi connectivity index (χ3v) is 6.48. The number of carbonyl (C=O) groups excluding carboxylic acids is 1. The predicted molar refractivity (Wildman–Crippen MR) is 130 cm³/mol. The number of carbonyl (C=O) groups is 1. The van der Waals surface area contributed by atoms with E-state index >= 15 is 0 Å². The summed E-state index contributed by atoms with van der Waals surface area (Å²) >= 11 is 6.20. The molecule has 0 heterocycles.